The standard InChI is InChI=1S/C17H10F6N2O2S/c1-28(26,27)16-6-12(20)11(5-13(16)21)15-7-14(17(22)23)24-25(15)10-3-8(18)2-9(19)4-10/h2-7,17H,1H3. The van der Waals surface area contributed by atoms with Gasteiger partial charge in [0.15, 0.2) is 9.84 Å². The van der Waals surface area contributed by atoms with Gasteiger partial charge in [0.25, 0.3) is 6.43 Å². The van der Waals surface area contributed by atoms with E-state index < -0.39 is 61.4 Å². The van der Waals surface area contributed by atoms with Gasteiger partial charge in [0, 0.05) is 17.9 Å². The normalized spacial score (nSPS) is 12.0. The molecule has 0 bridgehead atoms. The molecule has 0 saturated heterocycles. The van der Waals surface area contributed by atoms with Gasteiger partial charge in [-0.3, -0.25) is 0 Å². The molecular formula is C17H10F6N2O2S. The summed E-state index contributed by atoms with van der Waals surface area (Å²) in [5, 5.41) is 3.51. The summed E-state index contributed by atoms with van der Waals surface area (Å²) in [7, 11) is -4.09. The Morgan fingerprint density at radius 3 is 2.04 bits per heavy atom. The molecule has 0 aliphatic heterocycles. The zero-order valence-corrected chi connectivity index (χ0v) is 14.7. The summed E-state index contributed by atoms with van der Waals surface area (Å²) in [6, 6.07) is 3.64. The van der Waals surface area contributed by atoms with Gasteiger partial charge in [-0.05, 0) is 30.3 Å². The largest absolute Gasteiger partial charge is 0.282 e. The van der Waals surface area contributed by atoms with E-state index in [0.717, 1.165) is 12.1 Å². The van der Waals surface area contributed by atoms with Crippen LogP contribution in [0.25, 0.3) is 16.9 Å². The van der Waals surface area contributed by atoms with Crippen molar-refractivity contribution >= 4 is 9.84 Å². The zero-order valence-electron chi connectivity index (χ0n) is 13.9. The molecule has 148 valence electrons. The molecule has 0 aliphatic rings. The van der Waals surface area contributed by atoms with Crippen molar-refractivity contribution in [2.45, 2.75) is 11.3 Å². The highest BCUT2D eigenvalue weighted by atomic mass is 32.2. The third-order valence-electron chi connectivity index (χ3n) is 3.74. The van der Waals surface area contributed by atoms with Crippen LogP contribution in [-0.2, 0) is 9.84 Å². The Bertz CT molecular complexity index is 1150. The van der Waals surface area contributed by atoms with Gasteiger partial charge in [0.1, 0.15) is 33.9 Å². The predicted octanol–water partition coefficient (Wildman–Crippen LogP) is 4.44. The molecule has 1 aromatic heterocycles. The lowest BCUT2D eigenvalue weighted by molar-refractivity contribution is 0.145. The van der Waals surface area contributed by atoms with Gasteiger partial charge in [-0.25, -0.2) is 39.4 Å². The molecule has 0 N–H and O–H groups in total. The van der Waals surface area contributed by atoms with Crippen molar-refractivity contribution in [2.24, 2.45) is 0 Å². The molecular weight excluding hydrogens is 410 g/mol. The Balaban J connectivity index is 2.29. The van der Waals surface area contributed by atoms with Gasteiger partial charge < -0.3 is 0 Å². The molecule has 0 radical (unpaired) electrons. The van der Waals surface area contributed by atoms with Crippen LogP contribution in [0.1, 0.15) is 12.1 Å². The first-order valence-electron chi connectivity index (χ1n) is 7.51. The van der Waals surface area contributed by atoms with E-state index in [1.54, 1.807) is 0 Å². The van der Waals surface area contributed by atoms with Gasteiger partial charge in [-0.2, -0.15) is 5.10 Å². The topological polar surface area (TPSA) is 52.0 Å². The predicted molar refractivity (Wildman–Crippen MR) is 86.9 cm³/mol. The van der Waals surface area contributed by atoms with Crippen molar-refractivity contribution in [3.63, 3.8) is 0 Å². The summed E-state index contributed by atoms with van der Waals surface area (Å²) in [5.74, 6) is -4.67. The Hall–Kier alpha value is -2.82. The van der Waals surface area contributed by atoms with Crippen molar-refractivity contribution in [2.75, 3.05) is 6.26 Å². The fourth-order valence-electron chi connectivity index (χ4n) is 2.57. The number of halogens is 6. The summed E-state index contributed by atoms with van der Waals surface area (Å²) in [6.07, 6.45) is -2.44. The highest BCUT2D eigenvalue weighted by Gasteiger charge is 2.24. The van der Waals surface area contributed by atoms with E-state index >= 15 is 0 Å². The number of sulfone groups is 1. The highest BCUT2D eigenvalue weighted by Crippen LogP contribution is 2.32. The lowest BCUT2D eigenvalue weighted by Crippen LogP contribution is -2.05. The van der Waals surface area contributed by atoms with Gasteiger partial charge in [0.05, 0.1) is 11.4 Å². The van der Waals surface area contributed by atoms with Crippen LogP contribution in [0.15, 0.2) is 41.3 Å². The van der Waals surface area contributed by atoms with E-state index in [2.05, 4.69) is 5.10 Å². The molecule has 3 aromatic rings. The highest BCUT2D eigenvalue weighted by molar-refractivity contribution is 7.90. The number of aromatic nitrogens is 2. The van der Waals surface area contributed by atoms with Crippen molar-refractivity contribution in [3.05, 3.63) is 65.4 Å². The summed E-state index contributed by atoms with van der Waals surface area (Å²) >= 11 is 0. The maximum atomic E-state index is 14.5. The second kappa shape index (κ2) is 6.97. The molecule has 1 heterocycles. The summed E-state index contributed by atoms with van der Waals surface area (Å²) in [5.41, 5.74) is -2.27. The van der Waals surface area contributed by atoms with E-state index in [0.29, 0.717) is 35.2 Å². The first-order chi connectivity index (χ1) is 13.0. The average Bonchev–Trinajstić information content (AvgIpc) is 3.00. The van der Waals surface area contributed by atoms with E-state index in [4.69, 9.17) is 0 Å². The van der Waals surface area contributed by atoms with Crippen LogP contribution >= 0.6 is 0 Å². The summed E-state index contributed by atoms with van der Waals surface area (Å²) < 4.78 is 106. The molecule has 3 rings (SSSR count). The lowest BCUT2D eigenvalue weighted by Gasteiger charge is -2.10. The van der Waals surface area contributed by atoms with Crippen molar-refractivity contribution < 1.29 is 34.8 Å². The molecule has 0 atom stereocenters. The molecule has 2 aromatic carbocycles. The Kier molecular flexibility index (Phi) is 4.96. The maximum Gasteiger partial charge on any atom is 0.282 e. The minimum atomic E-state index is -4.09. The monoisotopic (exact) mass is 420 g/mol. The number of benzene rings is 2. The number of hydrogen-bond acceptors (Lipinski definition) is 3. The lowest BCUT2D eigenvalue weighted by atomic mass is 10.1. The van der Waals surface area contributed by atoms with Crippen LogP contribution < -0.4 is 0 Å². The Morgan fingerprint density at radius 1 is 0.893 bits per heavy atom. The molecule has 4 nitrogen and oxygen atoms in total. The van der Waals surface area contributed by atoms with E-state index in [-0.39, 0.29) is 5.69 Å². The molecule has 0 amide bonds. The number of hydrogen-bond donors (Lipinski definition) is 0. The van der Waals surface area contributed by atoms with Crippen molar-refractivity contribution in [3.8, 4) is 16.9 Å². The van der Waals surface area contributed by atoms with Crippen molar-refractivity contribution in [1.82, 2.24) is 9.78 Å². The molecule has 0 unspecified atom stereocenters. The Morgan fingerprint density at radius 2 is 1.50 bits per heavy atom. The molecule has 0 saturated carbocycles. The first-order valence-corrected chi connectivity index (χ1v) is 9.40. The van der Waals surface area contributed by atoms with E-state index in [1.807, 2.05) is 0 Å². The molecule has 11 heteroatoms. The third-order valence-corrected chi connectivity index (χ3v) is 4.85. The fraction of sp³-hybridized carbons (Fsp3) is 0.118. The quantitative estimate of drug-likeness (QED) is 0.587. The third kappa shape index (κ3) is 3.75. The smallest absolute Gasteiger partial charge is 0.232 e. The van der Waals surface area contributed by atoms with E-state index in [9.17, 15) is 34.8 Å². The summed E-state index contributed by atoms with van der Waals surface area (Å²) in [4.78, 5) is -0.925. The molecule has 0 fully saturated rings. The average molecular weight is 420 g/mol. The fourth-order valence-corrected chi connectivity index (χ4v) is 3.30. The molecule has 0 spiro atoms. The van der Waals surface area contributed by atoms with Crippen molar-refractivity contribution in [1.29, 1.82) is 0 Å². The summed E-state index contributed by atoms with van der Waals surface area (Å²) in [6.45, 7) is 0. The number of rotatable bonds is 4. The molecule has 0 aliphatic carbocycles. The van der Waals surface area contributed by atoms with Crippen LogP contribution in [0.2, 0.25) is 0 Å². The van der Waals surface area contributed by atoms with E-state index in [1.165, 1.54) is 0 Å². The van der Waals surface area contributed by atoms with Crippen LogP contribution in [-0.4, -0.2) is 24.5 Å². The number of nitrogens with zero attached hydrogens (tertiary/aromatic N) is 2. The van der Waals surface area contributed by atoms with Crippen LogP contribution in [0.4, 0.5) is 26.3 Å². The van der Waals surface area contributed by atoms with Gasteiger partial charge in [-0.15, -0.1) is 0 Å². The van der Waals surface area contributed by atoms with Gasteiger partial charge >= 0.3 is 0 Å². The minimum Gasteiger partial charge on any atom is -0.232 e. The Labute approximate surface area is 155 Å². The molecule has 28 heavy (non-hydrogen) atoms. The maximum absolute atomic E-state index is 14.5. The SMILES string of the molecule is CS(=O)(=O)c1cc(F)c(-c2cc(C(F)F)nn2-c2cc(F)cc(F)c2)cc1F. The van der Waals surface area contributed by atoms with Crippen LogP contribution in [0, 0.1) is 23.3 Å². The minimum absolute atomic E-state index is 0.355. The van der Waals surface area contributed by atoms with Gasteiger partial charge in [-0.1, -0.05) is 0 Å². The second-order valence-corrected chi connectivity index (χ2v) is 7.81. The zero-order chi connectivity index (χ0) is 20.8. The van der Waals surface area contributed by atoms with Gasteiger partial charge in [0.2, 0.25) is 0 Å². The second-order valence-electron chi connectivity index (χ2n) is 5.83. The van der Waals surface area contributed by atoms with Crippen LogP contribution in [0.3, 0.4) is 0 Å². The van der Waals surface area contributed by atoms with Crippen LogP contribution in [0.5, 0.6) is 0 Å². The first kappa shape index (κ1) is 19.9. The number of alkyl halides is 2.